The molecule has 1 N–H and O–H groups in total. The van der Waals surface area contributed by atoms with E-state index < -0.39 is 11.7 Å². The number of nitrogens with one attached hydrogen (secondary N) is 1. The number of aromatic nitrogens is 2. The normalized spacial score (nSPS) is 10.5. The average Bonchev–Trinajstić information content (AvgIpc) is 2.96. The molecule has 0 atom stereocenters. The van der Waals surface area contributed by atoms with Crippen LogP contribution in [0, 0.1) is 11.6 Å². The number of carbonyl (C=O) groups is 1. The van der Waals surface area contributed by atoms with Crippen molar-refractivity contribution >= 4 is 22.4 Å². The fourth-order valence-corrected chi connectivity index (χ4v) is 2.53. The van der Waals surface area contributed by atoms with Crippen LogP contribution in [0.25, 0.3) is 10.6 Å². The highest BCUT2D eigenvalue weighted by atomic mass is 32.1. The van der Waals surface area contributed by atoms with Gasteiger partial charge in [0.05, 0.1) is 0 Å². The summed E-state index contributed by atoms with van der Waals surface area (Å²) in [4.78, 5) is 12.0. The lowest BCUT2D eigenvalue weighted by Gasteiger charge is -2.00. The molecule has 0 aliphatic carbocycles. The Morgan fingerprint density at radius 1 is 1.00 bits per heavy atom. The number of carbonyl (C=O) groups excluding carboxylic acids is 1. The number of hydrogen-bond acceptors (Lipinski definition) is 4. The molecule has 3 rings (SSSR count). The van der Waals surface area contributed by atoms with Gasteiger partial charge in [-0.3, -0.25) is 10.1 Å². The van der Waals surface area contributed by atoms with Gasteiger partial charge in [0.15, 0.2) is 0 Å². The van der Waals surface area contributed by atoms with Crippen LogP contribution in [0.4, 0.5) is 13.9 Å². The number of hydrogen-bond donors (Lipinski definition) is 1. The van der Waals surface area contributed by atoms with E-state index in [4.69, 9.17) is 0 Å². The molecule has 0 aliphatic rings. The number of benzene rings is 2. The predicted molar refractivity (Wildman–Crippen MR) is 79.7 cm³/mol. The number of nitrogens with zero attached hydrogens (tertiary/aromatic N) is 2. The SMILES string of the molecule is O=C(Nc1nnc(-c2ccc(F)cc2)s1)c1cccc(F)c1. The third kappa shape index (κ3) is 3.15. The Hall–Kier alpha value is -2.67. The highest BCUT2D eigenvalue weighted by Gasteiger charge is 2.11. The van der Waals surface area contributed by atoms with E-state index in [1.807, 2.05) is 0 Å². The van der Waals surface area contributed by atoms with Crippen LogP contribution in [0.5, 0.6) is 0 Å². The molecule has 0 spiro atoms. The molecule has 1 aromatic heterocycles. The monoisotopic (exact) mass is 317 g/mol. The summed E-state index contributed by atoms with van der Waals surface area (Å²) in [5.74, 6) is -1.30. The maximum absolute atomic E-state index is 13.1. The molecule has 0 fully saturated rings. The van der Waals surface area contributed by atoms with Crippen molar-refractivity contribution in [3.8, 4) is 10.6 Å². The molecule has 1 heterocycles. The first kappa shape index (κ1) is 14.3. The Balaban J connectivity index is 1.77. The van der Waals surface area contributed by atoms with Gasteiger partial charge in [-0.05, 0) is 42.5 Å². The van der Waals surface area contributed by atoms with Gasteiger partial charge >= 0.3 is 0 Å². The number of anilines is 1. The zero-order chi connectivity index (χ0) is 15.5. The lowest BCUT2D eigenvalue weighted by Crippen LogP contribution is -2.11. The first-order chi connectivity index (χ1) is 10.6. The van der Waals surface area contributed by atoms with Gasteiger partial charge in [0, 0.05) is 11.1 Å². The molecule has 0 saturated carbocycles. The number of halogens is 2. The minimum atomic E-state index is -0.489. The van der Waals surface area contributed by atoms with E-state index in [2.05, 4.69) is 15.5 Å². The summed E-state index contributed by atoms with van der Waals surface area (Å²) in [5, 5.41) is 11.2. The van der Waals surface area contributed by atoms with Crippen LogP contribution in [-0.4, -0.2) is 16.1 Å². The second-order valence-electron chi connectivity index (χ2n) is 4.38. The van der Waals surface area contributed by atoms with E-state index in [0.29, 0.717) is 10.6 Å². The van der Waals surface area contributed by atoms with E-state index >= 15 is 0 Å². The topological polar surface area (TPSA) is 54.9 Å². The van der Waals surface area contributed by atoms with Gasteiger partial charge < -0.3 is 0 Å². The second kappa shape index (κ2) is 5.98. The van der Waals surface area contributed by atoms with E-state index in [1.54, 1.807) is 12.1 Å². The second-order valence-corrected chi connectivity index (χ2v) is 5.36. The van der Waals surface area contributed by atoms with Crippen molar-refractivity contribution < 1.29 is 13.6 Å². The fraction of sp³-hybridized carbons (Fsp3) is 0. The van der Waals surface area contributed by atoms with E-state index in [-0.39, 0.29) is 16.5 Å². The lowest BCUT2D eigenvalue weighted by atomic mass is 10.2. The van der Waals surface area contributed by atoms with Crippen LogP contribution in [0.1, 0.15) is 10.4 Å². The Bertz CT molecular complexity index is 818. The van der Waals surface area contributed by atoms with Crippen LogP contribution in [0.3, 0.4) is 0 Å². The van der Waals surface area contributed by atoms with E-state index in [1.165, 1.54) is 30.3 Å². The van der Waals surface area contributed by atoms with Gasteiger partial charge in [0.25, 0.3) is 5.91 Å². The summed E-state index contributed by atoms with van der Waals surface area (Å²) < 4.78 is 26.0. The van der Waals surface area contributed by atoms with E-state index in [0.717, 1.165) is 17.4 Å². The molecule has 1 amide bonds. The largest absolute Gasteiger partial charge is 0.296 e. The third-order valence-electron chi connectivity index (χ3n) is 2.82. The molecule has 7 heteroatoms. The minimum absolute atomic E-state index is 0.193. The van der Waals surface area contributed by atoms with Crippen molar-refractivity contribution in [2.45, 2.75) is 0 Å². The minimum Gasteiger partial charge on any atom is -0.296 e. The quantitative estimate of drug-likeness (QED) is 0.800. The van der Waals surface area contributed by atoms with Crippen molar-refractivity contribution in [2.75, 3.05) is 5.32 Å². The fourth-order valence-electron chi connectivity index (χ4n) is 1.78. The highest BCUT2D eigenvalue weighted by Crippen LogP contribution is 2.26. The van der Waals surface area contributed by atoms with Crippen molar-refractivity contribution in [1.29, 1.82) is 0 Å². The molecule has 0 bridgehead atoms. The van der Waals surface area contributed by atoms with Gasteiger partial charge in [-0.2, -0.15) is 0 Å². The van der Waals surface area contributed by atoms with Crippen molar-refractivity contribution in [2.24, 2.45) is 0 Å². The molecule has 0 aliphatic heterocycles. The molecule has 2 aromatic carbocycles. The maximum atomic E-state index is 13.1. The van der Waals surface area contributed by atoms with Crippen molar-refractivity contribution in [3.05, 3.63) is 65.7 Å². The molecular formula is C15H9F2N3OS. The Kier molecular flexibility index (Phi) is 3.88. The molecular weight excluding hydrogens is 308 g/mol. The predicted octanol–water partition coefficient (Wildman–Crippen LogP) is 3.74. The first-order valence-corrected chi connectivity index (χ1v) is 7.10. The average molecular weight is 317 g/mol. The first-order valence-electron chi connectivity index (χ1n) is 6.28. The summed E-state index contributed by atoms with van der Waals surface area (Å²) in [6.07, 6.45) is 0. The third-order valence-corrected chi connectivity index (χ3v) is 3.71. The van der Waals surface area contributed by atoms with Gasteiger partial charge in [-0.1, -0.05) is 17.4 Å². The van der Waals surface area contributed by atoms with Crippen molar-refractivity contribution in [3.63, 3.8) is 0 Å². The van der Waals surface area contributed by atoms with Crippen LogP contribution in [-0.2, 0) is 0 Å². The Morgan fingerprint density at radius 3 is 2.50 bits per heavy atom. The van der Waals surface area contributed by atoms with Crippen LogP contribution in [0.15, 0.2) is 48.5 Å². The zero-order valence-electron chi connectivity index (χ0n) is 11.1. The van der Waals surface area contributed by atoms with Gasteiger partial charge in [0.1, 0.15) is 16.6 Å². The van der Waals surface area contributed by atoms with Gasteiger partial charge in [-0.15, -0.1) is 10.2 Å². The van der Waals surface area contributed by atoms with Gasteiger partial charge in [0.2, 0.25) is 5.13 Å². The van der Waals surface area contributed by atoms with Crippen LogP contribution < -0.4 is 5.32 Å². The molecule has 3 aromatic rings. The summed E-state index contributed by atoms with van der Waals surface area (Å²) in [7, 11) is 0. The molecule has 110 valence electrons. The summed E-state index contributed by atoms with van der Waals surface area (Å²) in [6, 6.07) is 11.1. The summed E-state index contributed by atoms with van der Waals surface area (Å²) in [5.41, 5.74) is 0.892. The summed E-state index contributed by atoms with van der Waals surface area (Å²) in [6.45, 7) is 0. The Morgan fingerprint density at radius 2 is 1.77 bits per heavy atom. The Labute approximate surface area is 128 Å². The molecule has 0 radical (unpaired) electrons. The lowest BCUT2D eigenvalue weighted by molar-refractivity contribution is 0.102. The van der Waals surface area contributed by atoms with Crippen LogP contribution in [0.2, 0.25) is 0 Å². The number of rotatable bonds is 3. The number of amides is 1. The molecule has 0 unspecified atom stereocenters. The van der Waals surface area contributed by atoms with Crippen molar-refractivity contribution in [1.82, 2.24) is 10.2 Å². The molecule has 4 nitrogen and oxygen atoms in total. The highest BCUT2D eigenvalue weighted by molar-refractivity contribution is 7.18. The standard InChI is InChI=1S/C15H9F2N3OS/c16-11-6-4-9(5-7-11)14-19-20-15(22-14)18-13(21)10-2-1-3-12(17)8-10/h1-8H,(H,18,20,21). The molecule has 22 heavy (non-hydrogen) atoms. The zero-order valence-corrected chi connectivity index (χ0v) is 11.9. The van der Waals surface area contributed by atoms with E-state index in [9.17, 15) is 13.6 Å². The maximum Gasteiger partial charge on any atom is 0.257 e. The molecule has 0 saturated heterocycles. The summed E-state index contributed by atoms with van der Waals surface area (Å²) >= 11 is 1.15. The van der Waals surface area contributed by atoms with Gasteiger partial charge in [-0.25, -0.2) is 8.78 Å². The smallest absolute Gasteiger partial charge is 0.257 e. The van der Waals surface area contributed by atoms with Crippen LogP contribution >= 0.6 is 11.3 Å².